The second-order valence-corrected chi connectivity index (χ2v) is 6.38. The molecule has 2 aromatic carbocycles. The Bertz CT molecular complexity index is 726. The van der Waals surface area contributed by atoms with Crippen LogP contribution in [0.5, 0.6) is 5.75 Å². The van der Waals surface area contributed by atoms with E-state index in [4.69, 9.17) is 4.74 Å². The first-order valence-corrected chi connectivity index (χ1v) is 8.22. The molecule has 2 aromatic rings. The largest absolute Gasteiger partial charge is 0.489 e. The third kappa shape index (κ3) is 4.54. The first kappa shape index (κ1) is 17.8. The van der Waals surface area contributed by atoms with Crippen LogP contribution in [0.25, 0.3) is 0 Å². The Balaban J connectivity index is 1.60. The monoisotopic (exact) mass is 349 g/mol. The summed E-state index contributed by atoms with van der Waals surface area (Å²) in [5.41, 5.74) is 1.29. The van der Waals surface area contributed by atoms with Crippen LogP contribution in [0.1, 0.15) is 11.1 Å². The van der Waals surface area contributed by atoms with Gasteiger partial charge in [-0.25, -0.2) is 8.78 Å². The molecule has 0 aliphatic carbocycles. The lowest BCUT2D eigenvalue weighted by molar-refractivity contribution is 0.103. The zero-order valence-corrected chi connectivity index (χ0v) is 13.7. The van der Waals surface area contributed by atoms with Crippen molar-refractivity contribution in [2.75, 3.05) is 19.7 Å². The number of aliphatic hydroxyl groups is 2. The normalized spacial score (nSPS) is 20.8. The number of likely N-dealkylation sites (tertiary alicyclic amines) is 1. The van der Waals surface area contributed by atoms with Crippen LogP contribution < -0.4 is 4.74 Å². The molecular formula is C19H21F2NO3. The molecule has 0 spiro atoms. The van der Waals surface area contributed by atoms with E-state index in [9.17, 15) is 19.0 Å². The molecule has 0 radical (unpaired) electrons. The highest BCUT2D eigenvalue weighted by molar-refractivity contribution is 5.29. The van der Waals surface area contributed by atoms with E-state index < -0.39 is 17.7 Å². The minimum atomic E-state index is -0.628. The van der Waals surface area contributed by atoms with Crippen molar-refractivity contribution in [1.29, 1.82) is 0 Å². The minimum absolute atomic E-state index is 0.0184. The smallest absolute Gasteiger partial charge is 0.132 e. The predicted molar refractivity (Wildman–Crippen MR) is 89.0 cm³/mol. The maximum Gasteiger partial charge on any atom is 0.132 e. The number of rotatable bonds is 6. The lowest BCUT2D eigenvalue weighted by Gasteiger charge is -2.16. The molecule has 0 saturated carbocycles. The fourth-order valence-electron chi connectivity index (χ4n) is 3.04. The Morgan fingerprint density at radius 2 is 1.96 bits per heavy atom. The highest BCUT2D eigenvalue weighted by Gasteiger charge is 2.30. The van der Waals surface area contributed by atoms with Gasteiger partial charge in [0.25, 0.3) is 0 Å². The van der Waals surface area contributed by atoms with E-state index in [1.165, 1.54) is 12.1 Å². The number of nitrogens with zero attached hydrogens (tertiary/aromatic N) is 1. The van der Waals surface area contributed by atoms with Crippen LogP contribution >= 0.6 is 0 Å². The van der Waals surface area contributed by atoms with Crippen LogP contribution in [0.4, 0.5) is 8.78 Å². The van der Waals surface area contributed by atoms with Crippen molar-refractivity contribution < 1.29 is 23.7 Å². The van der Waals surface area contributed by atoms with Gasteiger partial charge in [-0.2, -0.15) is 0 Å². The molecule has 2 atom stereocenters. The molecule has 2 N–H and O–H groups in total. The molecule has 4 nitrogen and oxygen atoms in total. The Morgan fingerprint density at radius 3 is 2.68 bits per heavy atom. The van der Waals surface area contributed by atoms with Gasteiger partial charge in [-0.05, 0) is 29.8 Å². The molecular weight excluding hydrogens is 328 g/mol. The number of aliphatic hydroxyl groups excluding tert-OH is 2. The lowest BCUT2D eigenvalue weighted by atomic mass is 10.1. The van der Waals surface area contributed by atoms with Crippen LogP contribution in [0.3, 0.4) is 0 Å². The minimum Gasteiger partial charge on any atom is -0.489 e. The fourth-order valence-corrected chi connectivity index (χ4v) is 3.04. The van der Waals surface area contributed by atoms with Crippen LogP contribution in [0, 0.1) is 17.6 Å². The summed E-state index contributed by atoms with van der Waals surface area (Å²) in [7, 11) is 0. The topological polar surface area (TPSA) is 52.9 Å². The Labute approximate surface area is 145 Å². The molecule has 134 valence electrons. The summed E-state index contributed by atoms with van der Waals surface area (Å²) < 4.78 is 32.2. The SMILES string of the molecule is OCC1CN(Cc2cccc(OCc3ccc(F)cc3F)c2)CC1O. The van der Waals surface area contributed by atoms with Gasteiger partial charge in [0.05, 0.1) is 6.10 Å². The molecule has 0 bridgehead atoms. The summed E-state index contributed by atoms with van der Waals surface area (Å²) in [6.45, 7) is 1.80. The molecule has 0 aromatic heterocycles. The molecule has 1 fully saturated rings. The van der Waals surface area contributed by atoms with Gasteiger partial charge in [0.2, 0.25) is 0 Å². The van der Waals surface area contributed by atoms with E-state index in [2.05, 4.69) is 4.90 Å². The second-order valence-electron chi connectivity index (χ2n) is 6.38. The Hall–Kier alpha value is -2.02. The Kier molecular flexibility index (Phi) is 5.63. The van der Waals surface area contributed by atoms with Crippen LogP contribution in [0.15, 0.2) is 42.5 Å². The van der Waals surface area contributed by atoms with E-state index in [1.54, 1.807) is 6.07 Å². The van der Waals surface area contributed by atoms with Gasteiger partial charge in [0.15, 0.2) is 0 Å². The molecule has 3 rings (SSSR count). The third-order valence-electron chi connectivity index (χ3n) is 4.43. The molecule has 25 heavy (non-hydrogen) atoms. The summed E-state index contributed by atoms with van der Waals surface area (Å²) in [5.74, 6) is -0.755. The summed E-state index contributed by atoms with van der Waals surface area (Å²) in [6, 6.07) is 10.8. The van der Waals surface area contributed by atoms with Crippen molar-refractivity contribution in [2.24, 2.45) is 5.92 Å². The molecule has 1 aliphatic heterocycles. The van der Waals surface area contributed by atoms with Crippen molar-refractivity contribution in [3.8, 4) is 5.75 Å². The lowest BCUT2D eigenvalue weighted by Crippen LogP contribution is -2.21. The maximum atomic E-state index is 13.6. The summed E-state index contributed by atoms with van der Waals surface area (Å²) in [4.78, 5) is 2.07. The summed E-state index contributed by atoms with van der Waals surface area (Å²) >= 11 is 0. The molecule has 1 saturated heterocycles. The van der Waals surface area contributed by atoms with Gasteiger partial charge < -0.3 is 14.9 Å². The van der Waals surface area contributed by atoms with Gasteiger partial charge in [0.1, 0.15) is 24.0 Å². The van der Waals surface area contributed by atoms with E-state index in [0.717, 1.165) is 11.6 Å². The molecule has 1 aliphatic rings. The molecule has 1 heterocycles. The van der Waals surface area contributed by atoms with Gasteiger partial charge in [-0.3, -0.25) is 4.90 Å². The number of benzene rings is 2. The van der Waals surface area contributed by atoms with Crippen molar-refractivity contribution in [1.82, 2.24) is 4.90 Å². The van der Waals surface area contributed by atoms with Gasteiger partial charge in [-0.15, -0.1) is 0 Å². The van der Waals surface area contributed by atoms with Crippen LogP contribution in [0.2, 0.25) is 0 Å². The zero-order chi connectivity index (χ0) is 17.8. The highest BCUT2D eigenvalue weighted by Crippen LogP contribution is 2.22. The van der Waals surface area contributed by atoms with Crippen molar-refractivity contribution in [3.63, 3.8) is 0 Å². The third-order valence-corrected chi connectivity index (χ3v) is 4.43. The average Bonchev–Trinajstić information content (AvgIpc) is 2.94. The van der Waals surface area contributed by atoms with E-state index in [-0.39, 0.29) is 19.1 Å². The first-order valence-electron chi connectivity index (χ1n) is 8.22. The molecule has 2 unspecified atom stereocenters. The zero-order valence-electron chi connectivity index (χ0n) is 13.7. The number of ether oxygens (including phenoxy) is 1. The maximum absolute atomic E-state index is 13.6. The van der Waals surface area contributed by atoms with Gasteiger partial charge >= 0.3 is 0 Å². The summed E-state index contributed by atoms with van der Waals surface area (Å²) in [6.07, 6.45) is -0.508. The number of hydrogen-bond donors (Lipinski definition) is 2. The fraction of sp³-hybridized carbons (Fsp3) is 0.368. The van der Waals surface area contributed by atoms with E-state index in [1.807, 2.05) is 18.2 Å². The summed E-state index contributed by atoms with van der Waals surface area (Å²) in [5, 5.41) is 19.1. The van der Waals surface area contributed by atoms with Crippen molar-refractivity contribution in [2.45, 2.75) is 19.3 Å². The number of hydrogen-bond acceptors (Lipinski definition) is 4. The standard InChI is InChI=1S/C19H21F2NO3/c20-16-5-4-14(18(21)7-16)12-25-17-3-1-2-13(6-17)8-22-9-15(11-23)19(24)10-22/h1-7,15,19,23-24H,8-12H2. The highest BCUT2D eigenvalue weighted by atomic mass is 19.1. The number of β-amino-alcohol motifs (C(OH)–C–C–N with tert-alkyl or cyclic N) is 1. The van der Waals surface area contributed by atoms with Crippen LogP contribution in [-0.4, -0.2) is 40.9 Å². The van der Waals surface area contributed by atoms with Crippen molar-refractivity contribution >= 4 is 0 Å². The average molecular weight is 349 g/mol. The first-order chi connectivity index (χ1) is 12.0. The molecule has 0 amide bonds. The second kappa shape index (κ2) is 7.91. The van der Waals surface area contributed by atoms with Crippen LogP contribution in [-0.2, 0) is 13.2 Å². The van der Waals surface area contributed by atoms with E-state index in [0.29, 0.717) is 30.9 Å². The van der Waals surface area contributed by atoms with E-state index >= 15 is 0 Å². The molecule has 6 heteroatoms. The van der Waals surface area contributed by atoms with Gasteiger partial charge in [-0.1, -0.05) is 12.1 Å². The van der Waals surface area contributed by atoms with Gasteiger partial charge in [0, 0.05) is 43.8 Å². The number of halogens is 2. The quantitative estimate of drug-likeness (QED) is 0.841. The Morgan fingerprint density at radius 1 is 1.12 bits per heavy atom. The predicted octanol–water partition coefficient (Wildman–Crippen LogP) is 2.33. The van der Waals surface area contributed by atoms with Crippen molar-refractivity contribution in [3.05, 3.63) is 65.2 Å².